The van der Waals surface area contributed by atoms with Crippen LogP contribution in [0.4, 0.5) is 20.7 Å². The lowest BCUT2D eigenvalue weighted by atomic mass is 9.71. The minimum atomic E-state index is -0.654. The van der Waals surface area contributed by atoms with Crippen LogP contribution in [-0.2, 0) is 9.47 Å². The van der Waals surface area contributed by atoms with Crippen LogP contribution in [0.2, 0.25) is 5.02 Å². The minimum Gasteiger partial charge on any atom is -0.491 e. The highest BCUT2D eigenvalue weighted by Gasteiger charge is 2.52. The number of rotatable bonds is 7. The second kappa shape index (κ2) is 10.2. The van der Waals surface area contributed by atoms with Gasteiger partial charge in [0.1, 0.15) is 34.3 Å². The van der Waals surface area contributed by atoms with Gasteiger partial charge < -0.3 is 29.2 Å². The summed E-state index contributed by atoms with van der Waals surface area (Å²) in [4.78, 5) is 27.1. The summed E-state index contributed by atoms with van der Waals surface area (Å²) >= 11 is 6.34. The number of amides is 1. The monoisotopic (exact) mass is 571 g/mol. The van der Waals surface area contributed by atoms with E-state index in [1.165, 1.54) is 6.33 Å². The van der Waals surface area contributed by atoms with Gasteiger partial charge in [-0.05, 0) is 51.8 Å². The van der Waals surface area contributed by atoms with Crippen molar-refractivity contribution in [3.63, 3.8) is 0 Å². The second-order valence-corrected chi connectivity index (χ2v) is 12.1. The van der Waals surface area contributed by atoms with Crippen LogP contribution in [0.25, 0.3) is 11.0 Å². The van der Waals surface area contributed by atoms with E-state index in [-0.39, 0.29) is 34.1 Å². The molecule has 0 spiro atoms. The quantitative estimate of drug-likeness (QED) is 0.393. The average molecular weight is 572 g/mol. The fourth-order valence-electron chi connectivity index (χ4n) is 5.26. The largest absolute Gasteiger partial charge is 0.491 e. The van der Waals surface area contributed by atoms with Crippen LogP contribution in [0.5, 0.6) is 11.6 Å². The predicted octanol–water partition coefficient (Wildman–Crippen LogP) is 5.51. The van der Waals surface area contributed by atoms with Crippen molar-refractivity contribution in [1.82, 2.24) is 19.9 Å². The van der Waals surface area contributed by atoms with Crippen LogP contribution in [0.3, 0.4) is 0 Å². The maximum Gasteiger partial charge on any atom is 0.410 e. The maximum atomic E-state index is 15.3. The van der Waals surface area contributed by atoms with Crippen molar-refractivity contribution >= 4 is 40.2 Å². The molecule has 4 aliphatic rings. The zero-order chi connectivity index (χ0) is 28.1. The Hall–Kier alpha value is -3.44. The van der Waals surface area contributed by atoms with E-state index in [2.05, 4.69) is 20.3 Å². The molecule has 2 bridgehead atoms. The van der Waals surface area contributed by atoms with Gasteiger partial charge in [0.05, 0.1) is 37.1 Å². The third-order valence-corrected chi connectivity index (χ3v) is 7.67. The lowest BCUT2D eigenvalue weighted by Gasteiger charge is -2.34. The molecule has 1 aliphatic carbocycles. The molecule has 0 radical (unpaired) electrons. The first-order valence-corrected chi connectivity index (χ1v) is 13.7. The summed E-state index contributed by atoms with van der Waals surface area (Å²) in [6, 6.07) is 6.65. The summed E-state index contributed by atoms with van der Waals surface area (Å²) in [6.45, 7) is 7.51. The zero-order valence-corrected chi connectivity index (χ0v) is 23.3. The number of nitrogens with one attached hydrogen (secondary N) is 1. The van der Waals surface area contributed by atoms with Crippen molar-refractivity contribution in [2.75, 3.05) is 31.6 Å². The highest BCUT2D eigenvalue weighted by Crippen LogP contribution is 2.50. The second-order valence-electron chi connectivity index (χ2n) is 11.7. The van der Waals surface area contributed by atoms with E-state index in [1.807, 2.05) is 20.8 Å². The summed E-state index contributed by atoms with van der Waals surface area (Å²) in [5, 5.41) is 2.88. The zero-order valence-electron chi connectivity index (χ0n) is 22.6. The Kier molecular flexibility index (Phi) is 6.82. The van der Waals surface area contributed by atoms with E-state index in [0.717, 1.165) is 12.8 Å². The fourth-order valence-corrected chi connectivity index (χ4v) is 5.48. The molecule has 1 N–H and O–H groups in total. The van der Waals surface area contributed by atoms with Crippen molar-refractivity contribution in [2.24, 2.45) is 5.41 Å². The van der Waals surface area contributed by atoms with Crippen molar-refractivity contribution < 1.29 is 28.1 Å². The topological polar surface area (TPSA) is 108 Å². The molecule has 5 heterocycles. The summed E-state index contributed by atoms with van der Waals surface area (Å²) in [6.07, 6.45) is 3.66. The summed E-state index contributed by atoms with van der Waals surface area (Å²) in [5.74, 6) is 0.270. The number of fused-ring (bicyclic) bond motifs is 2. The third-order valence-electron chi connectivity index (χ3n) is 7.32. The van der Waals surface area contributed by atoms with E-state index in [9.17, 15) is 4.79 Å². The van der Waals surface area contributed by atoms with Gasteiger partial charge in [0.25, 0.3) is 0 Å². The number of carbonyl (C=O) groups excluding carboxylic acids is 1. The normalized spacial score (nSPS) is 23.7. The molecule has 3 aromatic rings. The van der Waals surface area contributed by atoms with E-state index in [0.29, 0.717) is 61.6 Å². The van der Waals surface area contributed by atoms with Crippen LogP contribution in [-0.4, -0.2) is 70.1 Å². The Morgan fingerprint density at radius 3 is 2.83 bits per heavy atom. The Morgan fingerprint density at radius 1 is 1.25 bits per heavy atom. The molecule has 1 saturated carbocycles. The van der Waals surface area contributed by atoms with Crippen LogP contribution >= 0.6 is 11.6 Å². The first-order chi connectivity index (χ1) is 19.1. The Bertz CT molecular complexity index is 1440. The number of nitrogens with zero attached hydrogens (tertiary/aromatic N) is 4. The number of ether oxygens (including phenoxy) is 4. The number of hydrogen-bond donors (Lipinski definition) is 1. The van der Waals surface area contributed by atoms with Crippen molar-refractivity contribution in [1.29, 1.82) is 0 Å². The van der Waals surface area contributed by atoms with Gasteiger partial charge in [0.2, 0.25) is 5.88 Å². The lowest BCUT2D eigenvalue weighted by Crippen LogP contribution is -2.38. The molecule has 212 valence electrons. The maximum absolute atomic E-state index is 15.3. The molecule has 3 saturated heterocycles. The molecule has 12 heteroatoms. The Balaban J connectivity index is 1.14. The highest BCUT2D eigenvalue weighted by atomic mass is 35.5. The molecule has 40 heavy (non-hydrogen) atoms. The molecule has 4 fully saturated rings. The number of benzene rings is 1. The number of aromatic nitrogens is 3. The van der Waals surface area contributed by atoms with Crippen LogP contribution < -0.4 is 14.8 Å². The predicted molar refractivity (Wildman–Crippen MR) is 146 cm³/mol. The van der Waals surface area contributed by atoms with Gasteiger partial charge >= 0.3 is 6.09 Å². The van der Waals surface area contributed by atoms with E-state index in [4.69, 9.17) is 30.5 Å². The number of carbonyl (C=O) groups is 1. The molecule has 3 aliphatic heterocycles. The summed E-state index contributed by atoms with van der Waals surface area (Å²) < 4.78 is 38.3. The van der Waals surface area contributed by atoms with E-state index in [1.54, 1.807) is 29.2 Å². The van der Waals surface area contributed by atoms with Crippen LogP contribution in [0.15, 0.2) is 30.6 Å². The first kappa shape index (κ1) is 26.8. The molecule has 7 rings (SSSR count). The van der Waals surface area contributed by atoms with Crippen LogP contribution in [0, 0.1) is 11.2 Å². The molecule has 1 atom stereocenters. The number of halogens is 2. The minimum absolute atomic E-state index is 0.0131. The Morgan fingerprint density at radius 2 is 2.08 bits per heavy atom. The summed E-state index contributed by atoms with van der Waals surface area (Å²) in [7, 11) is 0. The molecule has 1 aromatic carbocycles. The van der Waals surface area contributed by atoms with Crippen molar-refractivity contribution in [2.45, 2.75) is 57.8 Å². The van der Waals surface area contributed by atoms with Gasteiger partial charge in [0, 0.05) is 24.4 Å². The molecule has 0 unspecified atom stereocenters. The molecular weight excluding hydrogens is 541 g/mol. The van der Waals surface area contributed by atoms with E-state index >= 15 is 4.39 Å². The van der Waals surface area contributed by atoms with Crippen LogP contribution in [0.1, 0.15) is 40.0 Å². The number of pyridine rings is 1. The number of anilines is 2. The Labute approximate surface area is 236 Å². The number of likely N-dealkylation sites (tertiary alicyclic amines) is 1. The third kappa shape index (κ3) is 5.44. The molecular formula is C28H31ClFN5O5. The van der Waals surface area contributed by atoms with Gasteiger partial charge in [-0.3, -0.25) is 0 Å². The van der Waals surface area contributed by atoms with Crippen molar-refractivity contribution in [3.8, 4) is 11.6 Å². The average Bonchev–Trinajstić information content (AvgIpc) is 3.62. The van der Waals surface area contributed by atoms with E-state index < -0.39 is 11.4 Å². The molecule has 1 amide bonds. The fraction of sp³-hybridized carbons (Fsp3) is 0.500. The van der Waals surface area contributed by atoms with Gasteiger partial charge in [-0.2, -0.15) is 0 Å². The highest BCUT2D eigenvalue weighted by molar-refractivity contribution is 6.32. The number of hydrogen-bond acceptors (Lipinski definition) is 9. The SMILES string of the molecule is CC(C)(C)OC(=O)N1CC[C@H](Oc2ccc3ncnc(Nc4ccc(OCC56COC(C5)C6)c(Cl)c4F)c3n2)C1. The standard InChI is InChI=1S/C28H31ClFN5O5/c1-27(2,3)40-26(36)35-9-8-16(12-35)39-21-7-5-19-24(34-21)25(32-15-31-19)33-18-4-6-20(22(29)23(18)30)38-14-28-10-17(11-28)37-13-28/h4-7,15-17H,8-14H2,1-3H3,(H,31,32,33)/t16-,17?,28?/m0/s1. The van der Waals surface area contributed by atoms with Crippen molar-refractivity contribution in [3.05, 3.63) is 41.4 Å². The van der Waals surface area contributed by atoms with Gasteiger partial charge in [0.15, 0.2) is 11.6 Å². The molecule has 10 nitrogen and oxygen atoms in total. The smallest absolute Gasteiger partial charge is 0.410 e. The summed E-state index contributed by atoms with van der Waals surface area (Å²) in [5.41, 5.74) is 0.522. The first-order valence-electron chi connectivity index (χ1n) is 13.3. The van der Waals surface area contributed by atoms with Gasteiger partial charge in [-0.15, -0.1) is 0 Å². The van der Waals surface area contributed by atoms with Gasteiger partial charge in [-0.1, -0.05) is 11.6 Å². The van der Waals surface area contributed by atoms with Gasteiger partial charge in [-0.25, -0.2) is 24.1 Å². The lowest BCUT2D eigenvalue weighted by molar-refractivity contribution is 0.0275. The molecule has 2 aromatic heterocycles.